The maximum atomic E-state index is 14.2. The Balaban J connectivity index is 1.78. The summed E-state index contributed by atoms with van der Waals surface area (Å²) >= 11 is 0. The van der Waals surface area contributed by atoms with Gasteiger partial charge < -0.3 is 39.2 Å². The predicted octanol–water partition coefficient (Wildman–Crippen LogP) is 5.04. The molecule has 13 atom stereocenters. The van der Waals surface area contributed by atoms with E-state index in [4.69, 9.17) is 18.9 Å². The number of cyclic esters (lactones) is 1. The summed E-state index contributed by atoms with van der Waals surface area (Å²) in [5, 5.41) is 32.3. The molecule has 0 aromatic carbocycles. The average Bonchev–Trinajstić information content (AvgIpc) is 3.18. The third-order valence-corrected chi connectivity index (χ3v) is 12.5. The molecule has 0 aromatic heterocycles. The van der Waals surface area contributed by atoms with Crippen LogP contribution in [0.15, 0.2) is 48.1 Å². The number of piperidine rings is 1. The van der Waals surface area contributed by atoms with Gasteiger partial charge in [-0.15, -0.1) is 6.58 Å². The maximum Gasteiger partial charge on any atom is 0.329 e. The fourth-order valence-corrected chi connectivity index (χ4v) is 9.21. The normalized spacial score (nSPS) is 40.4. The SMILES string of the molecule is C=CC[C@@H]1/C=C(\C)C[C@H](C)C[C@H](OC)[C@H]2O[C@@](O)(C(=O)C(=O)N3CCCCC3C(=O)O[C@H](/C(C)=C/[C@@H]3CC[C@@H](O)[C@H](CO)C3)[C@@H](C)/C=C/C1=O)[C@H](C)C[C@@H]2OC. The fourth-order valence-electron chi connectivity index (χ4n) is 9.21. The lowest BCUT2D eigenvalue weighted by molar-refractivity contribution is -0.302. The number of aliphatic hydroxyl groups excluding tert-OH is 2. The minimum atomic E-state index is -2.49. The number of nitrogens with zero attached hydrogens (tertiary/aromatic N) is 1. The smallest absolute Gasteiger partial charge is 0.329 e. The zero-order chi connectivity index (χ0) is 41.3. The summed E-state index contributed by atoms with van der Waals surface area (Å²) in [6.45, 7) is 13.3. The van der Waals surface area contributed by atoms with Gasteiger partial charge in [0.15, 0.2) is 5.78 Å². The van der Waals surface area contributed by atoms with Gasteiger partial charge in [0.1, 0.15) is 18.2 Å². The van der Waals surface area contributed by atoms with Gasteiger partial charge in [-0.05, 0) is 102 Å². The Morgan fingerprint density at radius 3 is 2.39 bits per heavy atom. The Bertz CT molecular complexity index is 1490. The van der Waals surface area contributed by atoms with Crippen LogP contribution >= 0.6 is 0 Å². The molecule has 314 valence electrons. The van der Waals surface area contributed by atoms with E-state index < -0.39 is 77.8 Å². The number of esters is 1. The van der Waals surface area contributed by atoms with Crippen molar-refractivity contribution in [1.82, 2.24) is 4.90 Å². The van der Waals surface area contributed by atoms with Crippen molar-refractivity contribution in [3.05, 3.63) is 48.1 Å². The lowest BCUT2D eigenvalue weighted by Crippen LogP contribution is -2.64. The van der Waals surface area contributed by atoms with E-state index in [-0.39, 0.29) is 49.5 Å². The molecule has 0 aromatic rings. The Morgan fingerprint density at radius 1 is 1.04 bits per heavy atom. The lowest BCUT2D eigenvalue weighted by atomic mass is 9.78. The molecule has 3 heterocycles. The molecule has 12 nitrogen and oxygen atoms in total. The highest BCUT2D eigenvalue weighted by Gasteiger charge is 2.56. The summed E-state index contributed by atoms with van der Waals surface area (Å²) < 4.78 is 24.2. The van der Waals surface area contributed by atoms with E-state index >= 15 is 0 Å². The molecule has 3 aliphatic heterocycles. The summed E-state index contributed by atoms with van der Waals surface area (Å²) in [7, 11) is 3.07. The van der Waals surface area contributed by atoms with Crippen molar-refractivity contribution in [2.24, 2.45) is 35.5 Å². The van der Waals surface area contributed by atoms with Crippen molar-refractivity contribution in [3.8, 4) is 0 Å². The number of carbonyl (C=O) groups excluding carboxylic acids is 4. The summed E-state index contributed by atoms with van der Waals surface area (Å²) in [5.41, 5.74) is 1.74. The van der Waals surface area contributed by atoms with E-state index in [1.54, 1.807) is 25.2 Å². The molecular formula is C44H67NO11. The molecule has 3 N–H and O–H groups in total. The largest absolute Gasteiger partial charge is 0.456 e. The summed E-state index contributed by atoms with van der Waals surface area (Å²) in [6, 6.07) is -1.09. The maximum absolute atomic E-state index is 14.2. The van der Waals surface area contributed by atoms with E-state index in [9.17, 15) is 34.5 Å². The first-order valence-electron chi connectivity index (χ1n) is 20.6. The van der Waals surface area contributed by atoms with Crippen molar-refractivity contribution in [2.45, 2.75) is 141 Å². The zero-order valence-corrected chi connectivity index (χ0v) is 34.6. The van der Waals surface area contributed by atoms with Crippen LogP contribution in [0.5, 0.6) is 0 Å². The van der Waals surface area contributed by atoms with Gasteiger partial charge in [-0.25, -0.2) is 4.79 Å². The molecule has 1 unspecified atom stereocenters. The predicted molar refractivity (Wildman–Crippen MR) is 211 cm³/mol. The number of fused-ring (bicyclic) bond motifs is 3. The zero-order valence-electron chi connectivity index (χ0n) is 34.6. The second-order valence-electron chi connectivity index (χ2n) is 17.0. The number of ketones is 2. The van der Waals surface area contributed by atoms with E-state index in [1.807, 2.05) is 32.9 Å². The van der Waals surface area contributed by atoms with Gasteiger partial charge in [-0.1, -0.05) is 50.6 Å². The second-order valence-corrected chi connectivity index (χ2v) is 17.0. The highest BCUT2D eigenvalue weighted by molar-refractivity contribution is 6.39. The molecule has 4 rings (SSSR count). The third-order valence-electron chi connectivity index (χ3n) is 12.5. The van der Waals surface area contributed by atoms with Gasteiger partial charge in [-0.2, -0.15) is 0 Å². The molecule has 0 spiro atoms. The van der Waals surface area contributed by atoms with Gasteiger partial charge in [-0.3, -0.25) is 14.4 Å². The van der Waals surface area contributed by atoms with E-state index in [1.165, 1.54) is 19.1 Å². The van der Waals surface area contributed by atoms with Crippen molar-refractivity contribution in [2.75, 3.05) is 27.4 Å². The van der Waals surface area contributed by atoms with Gasteiger partial charge in [0.05, 0.1) is 18.3 Å². The summed E-state index contributed by atoms with van der Waals surface area (Å²) in [4.78, 5) is 57.6. The third kappa shape index (κ3) is 10.9. The molecule has 12 heteroatoms. The van der Waals surface area contributed by atoms with E-state index in [2.05, 4.69) is 13.5 Å². The van der Waals surface area contributed by atoms with Gasteiger partial charge in [0, 0.05) is 51.0 Å². The highest BCUT2D eigenvalue weighted by atomic mass is 16.7. The quantitative estimate of drug-likeness (QED) is 0.180. The molecule has 2 bridgehead atoms. The number of hydrogen-bond acceptors (Lipinski definition) is 11. The average molecular weight is 786 g/mol. The van der Waals surface area contributed by atoms with Crippen LogP contribution in [0, 0.1) is 35.5 Å². The van der Waals surface area contributed by atoms with Crippen molar-refractivity contribution < 1.29 is 53.4 Å². The molecule has 4 aliphatic rings. The molecule has 1 aliphatic carbocycles. The number of aliphatic hydroxyl groups is 3. The topological polar surface area (TPSA) is 169 Å². The Labute approximate surface area is 333 Å². The molecule has 1 saturated carbocycles. The van der Waals surface area contributed by atoms with Crippen molar-refractivity contribution in [3.63, 3.8) is 0 Å². The van der Waals surface area contributed by atoms with Crippen LogP contribution in [0.4, 0.5) is 0 Å². The summed E-state index contributed by atoms with van der Waals surface area (Å²) in [6.07, 6.45) is 10.6. The first kappa shape index (κ1) is 45.7. The van der Waals surface area contributed by atoms with Gasteiger partial charge in [0.2, 0.25) is 5.79 Å². The number of carbonyl (C=O) groups is 4. The van der Waals surface area contributed by atoms with Crippen LogP contribution in [0.2, 0.25) is 0 Å². The van der Waals surface area contributed by atoms with Gasteiger partial charge >= 0.3 is 5.97 Å². The van der Waals surface area contributed by atoms with Crippen molar-refractivity contribution >= 4 is 23.4 Å². The monoisotopic (exact) mass is 785 g/mol. The fraction of sp³-hybridized carbons (Fsp3) is 0.727. The molecule has 0 radical (unpaired) electrons. The van der Waals surface area contributed by atoms with E-state index in [0.29, 0.717) is 51.4 Å². The van der Waals surface area contributed by atoms with Crippen LogP contribution in [0.1, 0.15) is 98.8 Å². The Hall–Kier alpha value is -3.00. The lowest BCUT2D eigenvalue weighted by Gasteiger charge is -2.47. The molecule has 56 heavy (non-hydrogen) atoms. The first-order chi connectivity index (χ1) is 26.6. The highest BCUT2D eigenvalue weighted by Crippen LogP contribution is 2.39. The minimum Gasteiger partial charge on any atom is -0.456 e. The number of allylic oxidation sites excluding steroid dienone is 5. The van der Waals surface area contributed by atoms with E-state index in [0.717, 1.165) is 11.1 Å². The Kier molecular flexibility index (Phi) is 16.8. The Morgan fingerprint density at radius 2 is 1.73 bits per heavy atom. The second kappa shape index (κ2) is 20.6. The molecular weight excluding hydrogens is 718 g/mol. The van der Waals surface area contributed by atoms with Crippen molar-refractivity contribution in [1.29, 1.82) is 0 Å². The molecule has 3 fully saturated rings. The molecule has 2 saturated heterocycles. The number of ether oxygens (including phenoxy) is 4. The minimum absolute atomic E-state index is 0.0209. The number of Topliss-reactive ketones (excluding diaryl/α,β-unsaturated/α-hetero) is 1. The number of amides is 1. The van der Waals surface area contributed by atoms with Crippen LogP contribution in [-0.4, -0.2) is 113 Å². The van der Waals surface area contributed by atoms with Crippen LogP contribution in [0.25, 0.3) is 0 Å². The number of methoxy groups -OCH3 is 2. The summed E-state index contributed by atoms with van der Waals surface area (Å²) in [5.74, 6) is -7.39. The standard InChI is InChI=1S/C44H67NO11/c1-9-12-32-20-26(2)19-27(3)21-37(53-7)40-38(54-8)23-30(6)44(52,56-40)41(49)42(50)45-18-11-10-13-34(45)43(51)55-39(28(4)14-16-35(32)47)29(5)22-31-15-17-36(48)33(24-31)25-46/h9,14,16,20,22,27-28,30-34,36-40,46,48,52H,1,10-13,15,17-19,21,23-25H2,2-8H3/b16-14+,26-20+,29-22+/t27-,28-,30+,31-,32+,33-,34?,36+,37-,38-,39-,40+,44+/m0/s1. The number of rotatable bonds is 7. The van der Waals surface area contributed by atoms with Crippen LogP contribution in [-0.2, 0) is 38.1 Å². The number of hydrogen-bond donors (Lipinski definition) is 3. The van der Waals surface area contributed by atoms with Gasteiger partial charge in [0.25, 0.3) is 11.7 Å². The molecule has 1 amide bonds. The van der Waals surface area contributed by atoms with Crippen LogP contribution < -0.4 is 0 Å². The first-order valence-corrected chi connectivity index (χ1v) is 20.6. The van der Waals surface area contributed by atoms with Crippen LogP contribution in [0.3, 0.4) is 0 Å².